The molecule has 9 nitrogen and oxygen atoms in total. The molecule has 0 bridgehead atoms. The van der Waals surface area contributed by atoms with E-state index in [9.17, 15) is 14.9 Å². The van der Waals surface area contributed by atoms with Gasteiger partial charge in [-0.1, -0.05) is 29.4 Å². The van der Waals surface area contributed by atoms with E-state index in [1.54, 1.807) is 6.08 Å². The summed E-state index contributed by atoms with van der Waals surface area (Å²) in [7, 11) is 0. The summed E-state index contributed by atoms with van der Waals surface area (Å²) in [4.78, 5) is 22.5. The Bertz CT molecular complexity index is 1160. The van der Waals surface area contributed by atoms with Gasteiger partial charge >= 0.3 is 0 Å². The fourth-order valence-corrected chi connectivity index (χ4v) is 3.85. The number of anilines is 1. The van der Waals surface area contributed by atoms with E-state index >= 15 is 0 Å². The van der Waals surface area contributed by atoms with Gasteiger partial charge in [-0.2, -0.15) is 0 Å². The van der Waals surface area contributed by atoms with Crippen molar-refractivity contribution in [3.63, 3.8) is 0 Å². The van der Waals surface area contributed by atoms with Crippen molar-refractivity contribution in [1.29, 1.82) is 0 Å². The largest absolute Gasteiger partial charge is 0.486 e. The summed E-state index contributed by atoms with van der Waals surface area (Å²) < 4.78 is 7.71. The van der Waals surface area contributed by atoms with Crippen molar-refractivity contribution in [3.8, 4) is 5.75 Å². The summed E-state index contributed by atoms with van der Waals surface area (Å²) in [5.74, 6) is 1.09. The number of thioether (sulfide) groups is 1. The number of benzene rings is 2. The summed E-state index contributed by atoms with van der Waals surface area (Å²) in [6.07, 6.45) is 1.71. The second-order valence-corrected chi connectivity index (χ2v) is 8.42. The van der Waals surface area contributed by atoms with Crippen LogP contribution in [0.25, 0.3) is 0 Å². The molecule has 172 valence electrons. The van der Waals surface area contributed by atoms with Gasteiger partial charge in [0.15, 0.2) is 11.0 Å². The molecule has 1 N–H and O–H groups in total. The second kappa shape index (κ2) is 11.0. The molecule has 0 aliphatic heterocycles. The van der Waals surface area contributed by atoms with Crippen LogP contribution in [0, 0.1) is 24.0 Å². The van der Waals surface area contributed by atoms with E-state index in [0.29, 0.717) is 34.0 Å². The lowest BCUT2D eigenvalue weighted by Gasteiger charge is -2.11. The summed E-state index contributed by atoms with van der Waals surface area (Å²) >= 11 is 7.43. The molecule has 0 aliphatic rings. The minimum Gasteiger partial charge on any atom is -0.486 e. The smallest absolute Gasteiger partial charge is 0.269 e. The van der Waals surface area contributed by atoms with Gasteiger partial charge < -0.3 is 10.1 Å². The van der Waals surface area contributed by atoms with Crippen molar-refractivity contribution in [2.45, 2.75) is 32.2 Å². The summed E-state index contributed by atoms with van der Waals surface area (Å²) in [6.45, 7) is 8.25. The number of aryl methyl sites for hydroxylation is 2. The Labute approximate surface area is 200 Å². The molecule has 1 amide bonds. The maximum Gasteiger partial charge on any atom is 0.269 e. The van der Waals surface area contributed by atoms with Gasteiger partial charge in [0, 0.05) is 29.4 Å². The fraction of sp³-hybridized carbons (Fsp3) is 0.227. The molecule has 0 saturated heterocycles. The molecule has 2 aromatic carbocycles. The molecule has 3 aromatic rings. The van der Waals surface area contributed by atoms with E-state index < -0.39 is 4.92 Å². The van der Waals surface area contributed by atoms with Gasteiger partial charge in [0.1, 0.15) is 12.4 Å². The standard InChI is InChI=1S/C22H22ClN5O4S/c1-4-9-27-19(12-32-18-10-14(2)21(23)15(3)11-18)25-26-22(27)33-13-20(29)24-16-5-7-17(8-6-16)28(30)31/h4-8,10-11H,1,9,12-13H2,2-3H3,(H,24,29). The van der Waals surface area contributed by atoms with Gasteiger partial charge in [-0.3, -0.25) is 19.5 Å². The number of nitro groups is 1. The number of nitrogens with zero attached hydrogens (tertiary/aromatic N) is 4. The Balaban J connectivity index is 1.62. The number of allylic oxidation sites excluding steroid dienone is 1. The minimum absolute atomic E-state index is 0.0430. The highest BCUT2D eigenvalue weighted by Gasteiger charge is 2.15. The Kier molecular flexibility index (Phi) is 8.07. The minimum atomic E-state index is -0.496. The predicted molar refractivity (Wildman–Crippen MR) is 128 cm³/mol. The normalized spacial score (nSPS) is 10.6. The predicted octanol–water partition coefficient (Wildman–Crippen LogP) is 4.95. The molecule has 0 unspecified atom stereocenters. The Morgan fingerprint density at radius 2 is 1.94 bits per heavy atom. The van der Waals surface area contributed by atoms with Crippen LogP contribution in [0.1, 0.15) is 17.0 Å². The fourth-order valence-electron chi connectivity index (χ4n) is 2.98. The zero-order valence-corrected chi connectivity index (χ0v) is 19.7. The van der Waals surface area contributed by atoms with E-state index in [1.165, 1.54) is 36.0 Å². The molecule has 0 atom stereocenters. The molecule has 0 radical (unpaired) electrons. The molecule has 1 aromatic heterocycles. The first kappa shape index (κ1) is 24.3. The number of amides is 1. The van der Waals surface area contributed by atoms with Crippen molar-refractivity contribution in [2.24, 2.45) is 0 Å². The highest BCUT2D eigenvalue weighted by atomic mass is 35.5. The Hall–Kier alpha value is -3.37. The topological polar surface area (TPSA) is 112 Å². The maximum atomic E-state index is 12.3. The van der Waals surface area contributed by atoms with Crippen LogP contribution in [-0.2, 0) is 17.9 Å². The average molecular weight is 488 g/mol. The van der Waals surface area contributed by atoms with Gasteiger partial charge in [-0.25, -0.2) is 0 Å². The number of rotatable bonds is 10. The quantitative estimate of drug-likeness (QED) is 0.186. The highest BCUT2D eigenvalue weighted by molar-refractivity contribution is 7.99. The SMILES string of the molecule is C=CCn1c(COc2cc(C)c(Cl)c(C)c2)nnc1SCC(=O)Nc1ccc([N+](=O)[O-])cc1. The molecule has 0 spiro atoms. The van der Waals surface area contributed by atoms with Crippen molar-refractivity contribution >= 4 is 40.6 Å². The van der Waals surface area contributed by atoms with Crippen molar-refractivity contribution in [2.75, 3.05) is 11.1 Å². The maximum absolute atomic E-state index is 12.3. The van der Waals surface area contributed by atoms with Crippen LogP contribution in [0.3, 0.4) is 0 Å². The third-order valence-electron chi connectivity index (χ3n) is 4.58. The second-order valence-electron chi connectivity index (χ2n) is 7.10. The van der Waals surface area contributed by atoms with E-state index in [-0.39, 0.29) is 24.0 Å². The molecular weight excluding hydrogens is 466 g/mol. The first-order valence-corrected chi connectivity index (χ1v) is 11.2. The number of hydrogen-bond donors (Lipinski definition) is 1. The molecule has 1 heterocycles. The Morgan fingerprint density at radius 3 is 2.55 bits per heavy atom. The van der Waals surface area contributed by atoms with Crippen LogP contribution in [0.2, 0.25) is 5.02 Å². The number of halogens is 1. The van der Waals surface area contributed by atoms with Crippen LogP contribution < -0.4 is 10.1 Å². The zero-order valence-electron chi connectivity index (χ0n) is 18.1. The number of ether oxygens (including phenoxy) is 1. The van der Waals surface area contributed by atoms with Crippen molar-refractivity contribution in [3.05, 3.63) is 81.1 Å². The van der Waals surface area contributed by atoms with Gasteiger partial charge in [-0.05, 0) is 49.2 Å². The Morgan fingerprint density at radius 1 is 1.27 bits per heavy atom. The molecule has 0 saturated carbocycles. The van der Waals surface area contributed by atoms with Gasteiger partial charge in [0.2, 0.25) is 5.91 Å². The molecule has 33 heavy (non-hydrogen) atoms. The summed E-state index contributed by atoms with van der Waals surface area (Å²) in [5, 5.41) is 23.1. The summed E-state index contributed by atoms with van der Waals surface area (Å²) in [5.41, 5.74) is 2.28. The molecule has 11 heteroatoms. The first-order valence-electron chi connectivity index (χ1n) is 9.88. The molecular formula is C22H22ClN5O4S. The number of carbonyl (C=O) groups is 1. The van der Waals surface area contributed by atoms with Crippen LogP contribution in [0.4, 0.5) is 11.4 Å². The van der Waals surface area contributed by atoms with Crippen molar-refractivity contribution < 1.29 is 14.5 Å². The van der Waals surface area contributed by atoms with Crippen LogP contribution >= 0.6 is 23.4 Å². The van der Waals surface area contributed by atoms with Gasteiger partial charge in [0.05, 0.1) is 10.7 Å². The number of aromatic nitrogens is 3. The van der Waals surface area contributed by atoms with Crippen LogP contribution in [0.5, 0.6) is 5.75 Å². The third-order valence-corrected chi connectivity index (χ3v) is 6.14. The average Bonchev–Trinajstić information content (AvgIpc) is 3.16. The lowest BCUT2D eigenvalue weighted by atomic mass is 10.1. The van der Waals surface area contributed by atoms with Crippen LogP contribution in [0.15, 0.2) is 54.2 Å². The monoisotopic (exact) mass is 487 g/mol. The third kappa shape index (κ3) is 6.33. The number of non-ortho nitro benzene ring substituents is 1. The van der Waals surface area contributed by atoms with E-state index in [1.807, 2.05) is 30.5 Å². The lowest BCUT2D eigenvalue weighted by molar-refractivity contribution is -0.384. The number of nitro benzene ring substituents is 1. The number of hydrogen-bond acceptors (Lipinski definition) is 7. The van der Waals surface area contributed by atoms with Crippen molar-refractivity contribution in [1.82, 2.24) is 14.8 Å². The molecule has 3 rings (SSSR count). The van der Waals surface area contributed by atoms with E-state index in [0.717, 1.165) is 11.1 Å². The van der Waals surface area contributed by atoms with E-state index in [4.69, 9.17) is 16.3 Å². The number of nitrogens with one attached hydrogen (secondary N) is 1. The molecule has 0 fully saturated rings. The highest BCUT2D eigenvalue weighted by Crippen LogP contribution is 2.27. The van der Waals surface area contributed by atoms with Gasteiger partial charge in [-0.15, -0.1) is 16.8 Å². The number of carbonyl (C=O) groups excluding carboxylic acids is 1. The molecule has 0 aliphatic carbocycles. The first-order chi connectivity index (χ1) is 15.8. The summed E-state index contributed by atoms with van der Waals surface area (Å²) in [6, 6.07) is 9.36. The van der Waals surface area contributed by atoms with Gasteiger partial charge in [0.25, 0.3) is 5.69 Å². The lowest BCUT2D eigenvalue weighted by Crippen LogP contribution is -2.15. The van der Waals surface area contributed by atoms with Crippen LogP contribution in [-0.4, -0.2) is 31.3 Å². The van der Waals surface area contributed by atoms with E-state index in [2.05, 4.69) is 22.1 Å². The zero-order chi connectivity index (χ0) is 24.0.